The van der Waals surface area contributed by atoms with E-state index in [2.05, 4.69) is 67.8 Å². The fourth-order valence-electron chi connectivity index (χ4n) is 10.4. The SMILES string of the molecule is CC/C=C\C/C=C\C/C=C\C/C=C\CCCCCCCCCCCCCCCCCCCCC(=O)NC(COC1OC(CO)C(O)C(O)C1O)C(O)/C=C/CCCCCCCCCCCCCCCCCCCCCCC. The second-order valence-electron chi connectivity index (χ2n) is 22.9. The number of hydrogen-bond donors (Lipinski definition) is 6. The third-order valence-electron chi connectivity index (χ3n) is 15.6. The minimum Gasteiger partial charge on any atom is -0.394 e. The topological polar surface area (TPSA) is 149 Å². The second kappa shape index (κ2) is 57.1. The Morgan fingerprint density at radius 1 is 0.455 bits per heavy atom. The molecule has 7 atom stereocenters. The number of rotatable bonds is 57. The number of nitrogens with one attached hydrogen (secondary N) is 1. The summed E-state index contributed by atoms with van der Waals surface area (Å²) in [5.41, 5.74) is 0. The van der Waals surface area contributed by atoms with E-state index < -0.39 is 49.5 Å². The van der Waals surface area contributed by atoms with E-state index in [0.717, 1.165) is 64.2 Å². The Hall–Kier alpha value is -2.11. The molecule has 9 nitrogen and oxygen atoms in total. The lowest BCUT2D eigenvalue weighted by molar-refractivity contribution is -0.302. The first-order valence-electron chi connectivity index (χ1n) is 33.0. The smallest absolute Gasteiger partial charge is 0.220 e. The molecular formula is C68H125NO8. The number of aliphatic hydroxyl groups excluding tert-OH is 5. The lowest BCUT2D eigenvalue weighted by Crippen LogP contribution is -2.60. The van der Waals surface area contributed by atoms with Crippen LogP contribution in [0, 0.1) is 0 Å². The van der Waals surface area contributed by atoms with Crippen LogP contribution in [0.4, 0.5) is 0 Å². The summed E-state index contributed by atoms with van der Waals surface area (Å²) in [4.78, 5) is 13.1. The van der Waals surface area contributed by atoms with E-state index in [-0.39, 0.29) is 12.5 Å². The molecule has 6 N–H and O–H groups in total. The molecule has 1 rings (SSSR count). The van der Waals surface area contributed by atoms with Gasteiger partial charge in [-0.25, -0.2) is 0 Å². The molecule has 1 heterocycles. The fourth-order valence-corrected chi connectivity index (χ4v) is 10.4. The average Bonchev–Trinajstić information content (AvgIpc) is 3.43. The quantitative estimate of drug-likeness (QED) is 0.0261. The minimum absolute atomic E-state index is 0.173. The molecule has 0 aliphatic carbocycles. The van der Waals surface area contributed by atoms with Gasteiger partial charge in [0.15, 0.2) is 6.29 Å². The molecule has 9 heteroatoms. The highest BCUT2D eigenvalue weighted by atomic mass is 16.7. The van der Waals surface area contributed by atoms with Crippen molar-refractivity contribution in [2.24, 2.45) is 0 Å². The zero-order chi connectivity index (χ0) is 55.8. The van der Waals surface area contributed by atoms with Gasteiger partial charge in [0, 0.05) is 6.42 Å². The van der Waals surface area contributed by atoms with Crippen LogP contribution >= 0.6 is 0 Å². The van der Waals surface area contributed by atoms with Gasteiger partial charge < -0.3 is 40.3 Å². The number of amides is 1. The number of carbonyl (C=O) groups is 1. The van der Waals surface area contributed by atoms with Crippen LogP contribution in [0.15, 0.2) is 60.8 Å². The van der Waals surface area contributed by atoms with Crippen molar-refractivity contribution in [3.05, 3.63) is 60.8 Å². The number of hydrogen-bond acceptors (Lipinski definition) is 8. The maximum absolute atomic E-state index is 13.1. The van der Waals surface area contributed by atoms with Crippen LogP contribution in [0.2, 0.25) is 0 Å². The number of aliphatic hydroxyl groups is 5. The van der Waals surface area contributed by atoms with Gasteiger partial charge in [-0.1, -0.05) is 306 Å². The highest BCUT2D eigenvalue weighted by Crippen LogP contribution is 2.23. The number of carbonyl (C=O) groups excluding carboxylic acids is 1. The zero-order valence-electron chi connectivity index (χ0n) is 50.2. The van der Waals surface area contributed by atoms with Crippen LogP contribution in [0.3, 0.4) is 0 Å². The van der Waals surface area contributed by atoms with Gasteiger partial charge in [0.25, 0.3) is 0 Å². The number of ether oxygens (including phenoxy) is 2. The molecule has 0 aromatic heterocycles. The van der Waals surface area contributed by atoms with Crippen molar-refractivity contribution in [1.29, 1.82) is 0 Å². The maximum atomic E-state index is 13.1. The number of unbranched alkanes of at least 4 members (excludes halogenated alkanes) is 39. The monoisotopic (exact) mass is 1080 g/mol. The zero-order valence-corrected chi connectivity index (χ0v) is 50.2. The molecule has 1 saturated heterocycles. The first-order valence-corrected chi connectivity index (χ1v) is 33.0. The number of allylic oxidation sites excluding steroid dienone is 9. The van der Waals surface area contributed by atoms with Crippen molar-refractivity contribution < 1.29 is 39.8 Å². The molecule has 0 saturated carbocycles. The summed E-state index contributed by atoms with van der Waals surface area (Å²) in [5.74, 6) is -0.173. The van der Waals surface area contributed by atoms with E-state index in [4.69, 9.17) is 9.47 Å². The summed E-state index contributed by atoms with van der Waals surface area (Å²) >= 11 is 0. The molecule has 1 aliphatic rings. The first-order chi connectivity index (χ1) is 37.8. The molecule has 0 radical (unpaired) electrons. The maximum Gasteiger partial charge on any atom is 0.220 e. The summed E-state index contributed by atoms with van der Waals surface area (Å²) in [5, 5.41) is 54.7. The summed E-state index contributed by atoms with van der Waals surface area (Å²) < 4.78 is 11.3. The third kappa shape index (κ3) is 46.2. The van der Waals surface area contributed by atoms with Crippen LogP contribution < -0.4 is 5.32 Å². The Morgan fingerprint density at radius 3 is 1.19 bits per heavy atom. The van der Waals surface area contributed by atoms with Gasteiger partial charge in [0.05, 0.1) is 25.4 Å². The van der Waals surface area contributed by atoms with Gasteiger partial charge in [-0.3, -0.25) is 4.79 Å². The van der Waals surface area contributed by atoms with Crippen LogP contribution in [-0.4, -0.2) is 87.5 Å². The lowest BCUT2D eigenvalue weighted by atomic mass is 9.99. The van der Waals surface area contributed by atoms with Gasteiger partial charge >= 0.3 is 0 Å². The molecule has 0 spiro atoms. The standard InChI is InChI=1S/C68H125NO8/c1-3-5-7-9-11-13-15-17-19-21-23-25-27-28-29-30-31-32-33-34-36-38-40-42-44-46-48-50-52-54-56-58-64(72)69-61(60-76-68-67(75)66(74)65(73)63(59-70)77-68)62(71)57-55-53-51-49-47-45-43-41-39-37-35-26-24-22-20-18-16-14-12-10-8-6-4-2/h5,7,11,13,17,19,23,25,55,57,61-63,65-68,70-71,73-75H,3-4,6,8-10,12,14-16,18,20-22,24,26-54,56,58-60H2,1-2H3,(H,69,72)/b7-5-,13-11-,19-17-,25-23-,57-55+. The molecule has 7 unspecified atom stereocenters. The summed E-state index contributed by atoms with van der Waals surface area (Å²) in [6.07, 6.45) is 71.6. The van der Waals surface area contributed by atoms with E-state index in [1.807, 2.05) is 6.08 Å². The Bertz CT molecular complexity index is 1400. The van der Waals surface area contributed by atoms with Crippen LogP contribution in [-0.2, 0) is 14.3 Å². The van der Waals surface area contributed by atoms with E-state index >= 15 is 0 Å². The van der Waals surface area contributed by atoms with E-state index in [0.29, 0.717) is 6.42 Å². The van der Waals surface area contributed by atoms with Crippen molar-refractivity contribution in [2.75, 3.05) is 13.2 Å². The Balaban J connectivity index is 2.14. The molecule has 450 valence electrons. The predicted molar refractivity (Wildman–Crippen MR) is 327 cm³/mol. The summed E-state index contributed by atoms with van der Waals surface area (Å²) in [6, 6.07) is -0.807. The van der Waals surface area contributed by atoms with Crippen molar-refractivity contribution in [2.45, 2.75) is 352 Å². The van der Waals surface area contributed by atoms with Crippen molar-refractivity contribution >= 4 is 5.91 Å². The highest BCUT2D eigenvalue weighted by Gasteiger charge is 2.44. The molecule has 0 aromatic carbocycles. The minimum atomic E-state index is -1.57. The van der Waals surface area contributed by atoms with Gasteiger partial charge in [0.2, 0.25) is 5.91 Å². The van der Waals surface area contributed by atoms with Crippen LogP contribution in [0.25, 0.3) is 0 Å². The first kappa shape index (κ1) is 72.9. The van der Waals surface area contributed by atoms with Gasteiger partial charge in [-0.2, -0.15) is 0 Å². The van der Waals surface area contributed by atoms with Gasteiger partial charge in [0.1, 0.15) is 24.4 Å². The molecule has 77 heavy (non-hydrogen) atoms. The average molecular weight is 1080 g/mol. The van der Waals surface area contributed by atoms with Crippen LogP contribution in [0.5, 0.6) is 0 Å². The normalized spacial score (nSPS) is 19.1. The predicted octanol–water partition coefficient (Wildman–Crippen LogP) is 17.4. The molecule has 0 aromatic rings. The largest absolute Gasteiger partial charge is 0.394 e. The molecule has 0 bridgehead atoms. The van der Waals surface area contributed by atoms with E-state index in [9.17, 15) is 30.3 Å². The fraction of sp³-hybridized carbons (Fsp3) is 0.838. The second-order valence-corrected chi connectivity index (χ2v) is 22.9. The van der Waals surface area contributed by atoms with Gasteiger partial charge in [-0.05, 0) is 57.8 Å². The summed E-state index contributed by atoms with van der Waals surface area (Å²) in [6.45, 7) is 3.71. The Kier molecular flexibility index (Phi) is 54.1. The van der Waals surface area contributed by atoms with Gasteiger partial charge in [-0.15, -0.1) is 0 Å². The Labute approximate surface area is 475 Å². The van der Waals surface area contributed by atoms with Crippen molar-refractivity contribution in [3.8, 4) is 0 Å². The third-order valence-corrected chi connectivity index (χ3v) is 15.6. The molecular weight excluding hydrogens is 959 g/mol. The molecule has 1 fully saturated rings. The summed E-state index contributed by atoms with van der Waals surface area (Å²) in [7, 11) is 0. The lowest BCUT2D eigenvalue weighted by Gasteiger charge is -2.40. The molecule has 1 aliphatic heterocycles. The van der Waals surface area contributed by atoms with E-state index in [1.54, 1.807) is 6.08 Å². The van der Waals surface area contributed by atoms with Crippen molar-refractivity contribution in [3.63, 3.8) is 0 Å². The van der Waals surface area contributed by atoms with Crippen molar-refractivity contribution in [1.82, 2.24) is 5.32 Å². The molecule has 1 amide bonds. The van der Waals surface area contributed by atoms with Crippen LogP contribution in [0.1, 0.15) is 309 Å². The van der Waals surface area contributed by atoms with E-state index in [1.165, 1.54) is 225 Å². The highest BCUT2D eigenvalue weighted by molar-refractivity contribution is 5.76. The Morgan fingerprint density at radius 2 is 0.805 bits per heavy atom.